The average Bonchev–Trinajstić information content (AvgIpc) is 3.23. The van der Waals surface area contributed by atoms with Crippen LogP contribution in [0.15, 0.2) is 60.7 Å². The quantitative estimate of drug-likeness (QED) is 0.612. The van der Waals surface area contributed by atoms with Gasteiger partial charge in [-0.15, -0.1) is 0 Å². The van der Waals surface area contributed by atoms with E-state index in [2.05, 4.69) is 10.6 Å². The van der Waals surface area contributed by atoms with Gasteiger partial charge in [0, 0.05) is 36.0 Å². The van der Waals surface area contributed by atoms with Crippen molar-refractivity contribution in [1.29, 1.82) is 0 Å². The number of carbonyl (C=O) groups is 3. The van der Waals surface area contributed by atoms with Crippen molar-refractivity contribution in [2.45, 2.75) is 13.3 Å². The summed E-state index contributed by atoms with van der Waals surface area (Å²) in [5.74, 6) is -0.996. The zero-order valence-electron chi connectivity index (χ0n) is 18.1. The number of carbonyl (C=O) groups excluding carboxylic acids is 3. The van der Waals surface area contributed by atoms with Crippen molar-refractivity contribution in [1.82, 2.24) is 0 Å². The molecule has 8 heteroatoms. The largest absolute Gasteiger partial charge is 0.495 e. The molecule has 0 aliphatic carbocycles. The second kappa shape index (κ2) is 9.12. The highest BCUT2D eigenvalue weighted by Crippen LogP contribution is 2.31. The summed E-state index contributed by atoms with van der Waals surface area (Å²) in [7, 11) is 1.46. The van der Waals surface area contributed by atoms with E-state index >= 15 is 0 Å². The molecule has 1 heterocycles. The van der Waals surface area contributed by atoms with Crippen LogP contribution in [0.25, 0.3) is 0 Å². The molecule has 33 heavy (non-hydrogen) atoms. The number of nitrogens with one attached hydrogen (secondary N) is 2. The highest BCUT2D eigenvalue weighted by Gasteiger charge is 2.23. The third-order valence-electron chi connectivity index (χ3n) is 5.41. The van der Waals surface area contributed by atoms with Gasteiger partial charge in [0.1, 0.15) is 11.6 Å². The minimum atomic E-state index is -0.517. The van der Waals surface area contributed by atoms with E-state index in [9.17, 15) is 18.8 Å². The number of hydrogen-bond acceptors (Lipinski definition) is 4. The summed E-state index contributed by atoms with van der Waals surface area (Å²) in [4.78, 5) is 38.8. The molecule has 0 unspecified atom stereocenters. The van der Waals surface area contributed by atoms with Crippen LogP contribution in [-0.4, -0.2) is 31.4 Å². The third-order valence-corrected chi connectivity index (χ3v) is 5.41. The molecule has 0 bridgehead atoms. The zero-order chi connectivity index (χ0) is 23.5. The highest BCUT2D eigenvalue weighted by molar-refractivity contribution is 6.07. The lowest BCUT2D eigenvalue weighted by Gasteiger charge is -2.15. The number of rotatable bonds is 5. The van der Waals surface area contributed by atoms with Gasteiger partial charge in [-0.3, -0.25) is 14.4 Å². The molecule has 0 atom stereocenters. The standard InChI is InChI=1S/C25H22FN3O4/c1-15(30)29-11-10-16-12-18(6-8-22(16)29)24(31)27-20-7-9-23(33-2)21(14-20)28-25(32)17-4-3-5-19(26)13-17/h3-9,12-14H,10-11H2,1-2H3,(H,27,31)(H,28,32). The molecule has 7 nitrogen and oxygen atoms in total. The van der Waals surface area contributed by atoms with Crippen LogP contribution >= 0.6 is 0 Å². The van der Waals surface area contributed by atoms with Crippen LogP contribution in [0.4, 0.5) is 21.5 Å². The molecule has 0 saturated heterocycles. The Kier molecular flexibility index (Phi) is 6.08. The first-order valence-electron chi connectivity index (χ1n) is 10.3. The Morgan fingerprint density at radius 3 is 2.42 bits per heavy atom. The van der Waals surface area contributed by atoms with Crippen LogP contribution in [0, 0.1) is 5.82 Å². The number of halogens is 1. The van der Waals surface area contributed by atoms with E-state index < -0.39 is 11.7 Å². The van der Waals surface area contributed by atoms with Crippen molar-refractivity contribution in [3.63, 3.8) is 0 Å². The van der Waals surface area contributed by atoms with E-state index in [-0.39, 0.29) is 17.4 Å². The topological polar surface area (TPSA) is 87.7 Å². The van der Waals surface area contributed by atoms with Crippen molar-refractivity contribution in [3.05, 3.63) is 83.2 Å². The fourth-order valence-corrected chi connectivity index (χ4v) is 3.78. The van der Waals surface area contributed by atoms with Crippen molar-refractivity contribution < 1.29 is 23.5 Å². The van der Waals surface area contributed by atoms with E-state index in [1.807, 2.05) is 0 Å². The predicted molar refractivity (Wildman–Crippen MR) is 123 cm³/mol. The maximum Gasteiger partial charge on any atom is 0.255 e. The second-order valence-corrected chi connectivity index (χ2v) is 7.60. The van der Waals surface area contributed by atoms with E-state index in [0.717, 1.165) is 17.3 Å². The molecule has 3 amide bonds. The Labute approximate surface area is 190 Å². The molecular weight excluding hydrogens is 425 g/mol. The summed E-state index contributed by atoms with van der Waals surface area (Å²) >= 11 is 0. The zero-order valence-corrected chi connectivity index (χ0v) is 18.1. The van der Waals surface area contributed by atoms with Crippen molar-refractivity contribution in [3.8, 4) is 5.75 Å². The molecule has 0 aromatic heterocycles. The summed E-state index contributed by atoms with van der Waals surface area (Å²) in [6, 6.07) is 15.4. The van der Waals surface area contributed by atoms with E-state index in [1.54, 1.807) is 41.3 Å². The SMILES string of the molecule is COc1ccc(NC(=O)c2ccc3c(c2)CCN3C(C)=O)cc1NC(=O)c1cccc(F)c1. The maximum atomic E-state index is 13.5. The van der Waals surface area contributed by atoms with Gasteiger partial charge < -0.3 is 20.3 Å². The van der Waals surface area contributed by atoms with Crippen LogP contribution in [0.1, 0.15) is 33.2 Å². The van der Waals surface area contributed by atoms with Crippen molar-refractivity contribution >= 4 is 34.8 Å². The van der Waals surface area contributed by atoms with Gasteiger partial charge in [-0.2, -0.15) is 0 Å². The number of benzene rings is 3. The van der Waals surface area contributed by atoms with E-state index in [1.165, 1.54) is 32.2 Å². The van der Waals surface area contributed by atoms with E-state index in [4.69, 9.17) is 4.74 Å². The van der Waals surface area contributed by atoms with Gasteiger partial charge in [0.25, 0.3) is 11.8 Å². The Bertz CT molecular complexity index is 1260. The Hall–Kier alpha value is -4.20. The fourth-order valence-electron chi connectivity index (χ4n) is 3.78. The molecule has 3 aromatic rings. The normalized spacial score (nSPS) is 12.2. The minimum absolute atomic E-state index is 0.0306. The van der Waals surface area contributed by atoms with Crippen LogP contribution in [0.2, 0.25) is 0 Å². The van der Waals surface area contributed by atoms with Gasteiger partial charge in [0.2, 0.25) is 5.91 Å². The number of amides is 3. The number of nitrogens with zero attached hydrogens (tertiary/aromatic N) is 1. The molecular formula is C25H22FN3O4. The lowest BCUT2D eigenvalue weighted by Crippen LogP contribution is -2.25. The fraction of sp³-hybridized carbons (Fsp3) is 0.160. The molecule has 4 rings (SSSR count). The van der Waals surface area contributed by atoms with E-state index in [0.29, 0.717) is 35.7 Å². The number of methoxy groups -OCH3 is 1. The van der Waals surface area contributed by atoms with Gasteiger partial charge in [0.05, 0.1) is 12.8 Å². The number of ether oxygens (including phenoxy) is 1. The smallest absolute Gasteiger partial charge is 0.255 e. The second-order valence-electron chi connectivity index (χ2n) is 7.60. The van der Waals surface area contributed by atoms with Gasteiger partial charge >= 0.3 is 0 Å². The maximum absolute atomic E-state index is 13.5. The lowest BCUT2D eigenvalue weighted by atomic mass is 10.1. The molecule has 0 fully saturated rings. The van der Waals surface area contributed by atoms with Gasteiger partial charge in [-0.1, -0.05) is 6.07 Å². The molecule has 0 spiro atoms. The molecule has 1 aliphatic rings. The predicted octanol–water partition coefficient (Wildman–Crippen LogP) is 4.25. The molecule has 168 valence electrons. The summed E-state index contributed by atoms with van der Waals surface area (Å²) in [6.07, 6.45) is 0.689. The minimum Gasteiger partial charge on any atom is -0.495 e. The summed E-state index contributed by atoms with van der Waals surface area (Å²) in [5, 5.41) is 5.50. The Balaban J connectivity index is 1.52. The van der Waals surface area contributed by atoms with Crippen LogP contribution in [0.3, 0.4) is 0 Å². The number of anilines is 3. The molecule has 0 radical (unpaired) electrons. The third kappa shape index (κ3) is 4.69. The van der Waals surface area contributed by atoms with Gasteiger partial charge in [0.15, 0.2) is 0 Å². The van der Waals surface area contributed by atoms with Crippen molar-refractivity contribution in [2.24, 2.45) is 0 Å². The van der Waals surface area contributed by atoms with Crippen LogP contribution < -0.4 is 20.3 Å². The first-order valence-corrected chi connectivity index (χ1v) is 10.3. The number of hydrogen-bond donors (Lipinski definition) is 2. The monoisotopic (exact) mass is 447 g/mol. The summed E-state index contributed by atoms with van der Waals surface area (Å²) in [5.41, 5.74) is 3.16. The Morgan fingerprint density at radius 1 is 0.939 bits per heavy atom. The summed E-state index contributed by atoms with van der Waals surface area (Å²) < 4.78 is 18.7. The molecule has 2 N–H and O–H groups in total. The molecule has 3 aromatic carbocycles. The van der Waals surface area contributed by atoms with Crippen molar-refractivity contribution in [2.75, 3.05) is 29.2 Å². The first kappa shape index (κ1) is 22.0. The van der Waals surface area contributed by atoms with Crippen LogP contribution in [0.5, 0.6) is 5.75 Å². The van der Waals surface area contributed by atoms with Gasteiger partial charge in [-0.05, 0) is 66.6 Å². The molecule has 0 saturated carbocycles. The van der Waals surface area contributed by atoms with Gasteiger partial charge in [-0.25, -0.2) is 4.39 Å². The first-order chi connectivity index (χ1) is 15.9. The Morgan fingerprint density at radius 2 is 1.70 bits per heavy atom. The number of fused-ring (bicyclic) bond motifs is 1. The average molecular weight is 447 g/mol. The summed E-state index contributed by atoms with van der Waals surface area (Å²) in [6.45, 7) is 2.12. The molecule has 1 aliphatic heterocycles. The lowest BCUT2D eigenvalue weighted by molar-refractivity contribution is -0.116. The van der Waals surface area contributed by atoms with Crippen LogP contribution in [-0.2, 0) is 11.2 Å². The highest BCUT2D eigenvalue weighted by atomic mass is 19.1.